The van der Waals surface area contributed by atoms with Crippen molar-refractivity contribution in [3.8, 4) is 0 Å². The van der Waals surface area contributed by atoms with Gasteiger partial charge in [-0.2, -0.15) is 0 Å². The van der Waals surface area contributed by atoms with Gasteiger partial charge in [0.1, 0.15) is 6.04 Å². The number of carbonyl (C=O) groups is 1. The Bertz CT molecular complexity index is 492. The molecular formula is C12H17N3O5. The van der Waals surface area contributed by atoms with E-state index in [1.165, 1.54) is 19.2 Å². The van der Waals surface area contributed by atoms with Crippen LogP contribution in [-0.4, -0.2) is 40.7 Å². The number of anilines is 1. The SMILES string of the molecule is COCCCC(Nc1nc(C)ccc1[N+](=O)[O-])C(=O)O. The van der Waals surface area contributed by atoms with Crippen molar-refractivity contribution in [3.63, 3.8) is 0 Å². The summed E-state index contributed by atoms with van der Waals surface area (Å²) in [6, 6.07) is 1.86. The van der Waals surface area contributed by atoms with Gasteiger partial charge in [-0.15, -0.1) is 0 Å². The van der Waals surface area contributed by atoms with Crippen LogP contribution in [0.2, 0.25) is 0 Å². The molecule has 1 heterocycles. The summed E-state index contributed by atoms with van der Waals surface area (Å²) in [6.45, 7) is 2.10. The highest BCUT2D eigenvalue weighted by molar-refractivity contribution is 5.78. The van der Waals surface area contributed by atoms with E-state index in [-0.39, 0.29) is 17.9 Å². The van der Waals surface area contributed by atoms with Crippen LogP contribution in [-0.2, 0) is 9.53 Å². The van der Waals surface area contributed by atoms with Gasteiger partial charge >= 0.3 is 11.7 Å². The van der Waals surface area contributed by atoms with Gasteiger partial charge in [-0.1, -0.05) is 0 Å². The minimum absolute atomic E-state index is 0.0279. The minimum Gasteiger partial charge on any atom is -0.480 e. The van der Waals surface area contributed by atoms with E-state index in [9.17, 15) is 14.9 Å². The van der Waals surface area contributed by atoms with Gasteiger partial charge in [-0.05, 0) is 25.8 Å². The lowest BCUT2D eigenvalue weighted by atomic mass is 10.1. The highest BCUT2D eigenvalue weighted by Crippen LogP contribution is 2.23. The van der Waals surface area contributed by atoms with Crippen molar-refractivity contribution >= 4 is 17.5 Å². The molecule has 2 N–H and O–H groups in total. The normalized spacial score (nSPS) is 11.9. The molecule has 20 heavy (non-hydrogen) atoms. The molecule has 1 atom stereocenters. The second kappa shape index (κ2) is 7.39. The van der Waals surface area contributed by atoms with Crippen LogP contribution in [0, 0.1) is 17.0 Å². The number of methoxy groups -OCH3 is 1. The number of nitrogens with one attached hydrogen (secondary N) is 1. The molecule has 1 rings (SSSR count). The maximum Gasteiger partial charge on any atom is 0.326 e. The molecule has 0 fully saturated rings. The van der Waals surface area contributed by atoms with Gasteiger partial charge in [0, 0.05) is 25.5 Å². The lowest BCUT2D eigenvalue weighted by Gasteiger charge is -2.15. The van der Waals surface area contributed by atoms with Gasteiger partial charge in [-0.3, -0.25) is 10.1 Å². The molecule has 1 unspecified atom stereocenters. The molecule has 0 aromatic carbocycles. The van der Waals surface area contributed by atoms with Crippen molar-refractivity contribution in [3.05, 3.63) is 27.9 Å². The molecule has 0 saturated heterocycles. The Balaban J connectivity index is 2.89. The third-order valence-corrected chi connectivity index (χ3v) is 2.66. The number of nitrogens with zero attached hydrogens (tertiary/aromatic N) is 2. The smallest absolute Gasteiger partial charge is 0.326 e. The Kier molecular flexibility index (Phi) is 5.85. The first-order valence-electron chi connectivity index (χ1n) is 6.06. The number of hydrogen-bond acceptors (Lipinski definition) is 6. The van der Waals surface area contributed by atoms with E-state index in [0.717, 1.165) is 0 Å². The summed E-state index contributed by atoms with van der Waals surface area (Å²) in [5.41, 5.74) is 0.327. The maximum atomic E-state index is 11.2. The van der Waals surface area contributed by atoms with Crippen LogP contribution < -0.4 is 5.32 Å². The lowest BCUT2D eigenvalue weighted by molar-refractivity contribution is -0.384. The quantitative estimate of drug-likeness (QED) is 0.423. The fourth-order valence-electron chi connectivity index (χ4n) is 1.66. The summed E-state index contributed by atoms with van der Waals surface area (Å²) in [5, 5.41) is 22.7. The highest BCUT2D eigenvalue weighted by atomic mass is 16.6. The maximum absolute atomic E-state index is 11.2. The number of rotatable bonds is 8. The molecule has 0 aliphatic rings. The van der Waals surface area contributed by atoms with E-state index in [0.29, 0.717) is 18.7 Å². The molecule has 110 valence electrons. The monoisotopic (exact) mass is 283 g/mol. The Hall–Kier alpha value is -2.22. The Morgan fingerprint density at radius 2 is 2.30 bits per heavy atom. The van der Waals surface area contributed by atoms with Gasteiger partial charge in [0.2, 0.25) is 5.82 Å². The summed E-state index contributed by atoms with van der Waals surface area (Å²) in [5.74, 6) is -1.11. The second-order valence-corrected chi connectivity index (χ2v) is 4.25. The number of aryl methyl sites for hydroxylation is 1. The van der Waals surface area contributed by atoms with Gasteiger partial charge in [0.15, 0.2) is 0 Å². The predicted octanol–water partition coefficient (Wildman–Crippen LogP) is 1.59. The second-order valence-electron chi connectivity index (χ2n) is 4.25. The average molecular weight is 283 g/mol. The number of nitro groups is 1. The van der Waals surface area contributed by atoms with E-state index in [2.05, 4.69) is 10.3 Å². The lowest BCUT2D eigenvalue weighted by Crippen LogP contribution is -2.30. The third kappa shape index (κ3) is 4.47. The molecule has 0 bridgehead atoms. The van der Waals surface area contributed by atoms with Crippen LogP contribution in [0.25, 0.3) is 0 Å². The summed E-state index contributed by atoms with van der Waals surface area (Å²) < 4.78 is 4.86. The van der Waals surface area contributed by atoms with Crippen molar-refractivity contribution < 1.29 is 19.6 Å². The van der Waals surface area contributed by atoms with Crippen LogP contribution in [0.5, 0.6) is 0 Å². The summed E-state index contributed by atoms with van der Waals surface area (Å²) in [4.78, 5) is 25.5. The van der Waals surface area contributed by atoms with Gasteiger partial charge in [0.25, 0.3) is 0 Å². The van der Waals surface area contributed by atoms with Crippen molar-refractivity contribution in [1.82, 2.24) is 4.98 Å². The molecule has 0 aliphatic heterocycles. The zero-order valence-corrected chi connectivity index (χ0v) is 11.3. The van der Waals surface area contributed by atoms with E-state index in [4.69, 9.17) is 9.84 Å². The fourth-order valence-corrected chi connectivity index (χ4v) is 1.66. The summed E-state index contributed by atoms with van der Waals surface area (Å²) in [6.07, 6.45) is 0.816. The first-order valence-corrected chi connectivity index (χ1v) is 6.06. The number of aromatic nitrogens is 1. The largest absolute Gasteiger partial charge is 0.480 e. The number of aliphatic carboxylic acids is 1. The van der Waals surface area contributed by atoms with E-state index in [1.807, 2.05) is 0 Å². The number of carboxylic acid groups (broad SMARTS) is 1. The first kappa shape index (κ1) is 15.8. The van der Waals surface area contributed by atoms with Crippen LogP contribution in [0.1, 0.15) is 18.5 Å². The van der Waals surface area contributed by atoms with E-state index in [1.54, 1.807) is 6.92 Å². The Morgan fingerprint density at radius 1 is 1.60 bits per heavy atom. The Morgan fingerprint density at radius 3 is 2.85 bits per heavy atom. The van der Waals surface area contributed by atoms with Crippen LogP contribution >= 0.6 is 0 Å². The number of pyridine rings is 1. The van der Waals surface area contributed by atoms with Crippen molar-refractivity contribution in [2.75, 3.05) is 19.0 Å². The zero-order valence-electron chi connectivity index (χ0n) is 11.3. The van der Waals surface area contributed by atoms with Crippen molar-refractivity contribution in [1.29, 1.82) is 0 Å². The fraction of sp³-hybridized carbons (Fsp3) is 0.500. The molecular weight excluding hydrogens is 266 g/mol. The highest BCUT2D eigenvalue weighted by Gasteiger charge is 2.22. The predicted molar refractivity (Wildman–Crippen MR) is 71.8 cm³/mol. The standard InChI is InChI=1S/C12H17N3O5/c1-8-5-6-10(15(18)19)11(13-8)14-9(12(16)17)4-3-7-20-2/h5-6,9H,3-4,7H2,1-2H3,(H,13,14)(H,16,17). The average Bonchev–Trinajstić information content (AvgIpc) is 2.37. The summed E-state index contributed by atoms with van der Waals surface area (Å²) >= 11 is 0. The number of ether oxygens (including phenoxy) is 1. The zero-order chi connectivity index (χ0) is 15.1. The molecule has 0 radical (unpaired) electrons. The molecule has 0 saturated carbocycles. The summed E-state index contributed by atoms with van der Waals surface area (Å²) in [7, 11) is 1.52. The van der Waals surface area contributed by atoms with E-state index >= 15 is 0 Å². The molecule has 1 aromatic rings. The number of hydrogen-bond donors (Lipinski definition) is 2. The molecule has 8 heteroatoms. The molecule has 0 aliphatic carbocycles. The topological polar surface area (TPSA) is 115 Å². The van der Waals surface area contributed by atoms with Gasteiger partial charge < -0.3 is 15.2 Å². The Labute approximate surface area is 115 Å². The van der Waals surface area contributed by atoms with Crippen molar-refractivity contribution in [2.45, 2.75) is 25.8 Å². The number of carboxylic acids is 1. The van der Waals surface area contributed by atoms with E-state index < -0.39 is 16.9 Å². The minimum atomic E-state index is -1.08. The van der Waals surface area contributed by atoms with Crippen molar-refractivity contribution in [2.24, 2.45) is 0 Å². The van der Waals surface area contributed by atoms with Gasteiger partial charge in [-0.25, -0.2) is 9.78 Å². The van der Waals surface area contributed by atoms with Crippen LogP contribution in [0.3, 0.4) is 0 Å². The van der Waals surface area contributed by atoms with Crippen LogP contribution in [0.15, 0.2) is 12.1 Å². The molecule has 0 spiro atoms. The molecule has 8 nitrogen and oxygen atoms in total. The molecule has 0 amide bonds. The molecule has 1 aromatic heterocycles. The third-order valence-electron chi connectivity index (χ3n) is 2.66. The van der Waals surface area contributed by atoms with Crippen LogP contribution in [0.4, 0.5) is 11.5 Å². The van der Waals surface area contributed by atoms with Gasteiger partial charge in [0.05, 0.1) is 4.92 Å². The first-order chi connectivity index (χ1) is 9.45.